The van der Waals surface area contributed by atoms with Crippen LogP contribution in [-0.4, -0.2) is 40.3 Å². The summed E-state index contributed by atoms with van der Waals surface area (Å²) in [6.07, 6.45) is 5.87. The molecule has 2 N–H and O–H groups in total. The molecule has 0 unspecified atom stereocenters. The molecule has 0 aliphatic carbocycles. The van der Waals surface area contributed by atoms with Gasteiger partial charge in [0.1, 0.15) is 9.88 Å². The topological polar surface area (TPSA) is 71.8 Å². The smallest absolute Gasteiger partial charge is 0.263 e. The molecule has 1 fully saturated rings. The van der Waals surface area contributed by atoms with E-state index in [1.54, 1.807) is 10.9 Å². The summed E-state index contributed by atoms with van der Waals surface area (Å²) >= 11 is 1.43. The van der Waals surface area contributed by atoms with Crippen LogP contribution in [0.25, 0.3) is 10.6 Å². The van der Waals surface area contributed by atoms with Gasteiger partial charge in [0.15, 0.2) is 0 Å². The average Bonchev–Trinajstić information content (AvgIpc) is 3.12. The predicted molar refractivity (Wildman–Crippen MR) is 91.6 cm³/mol. The lowest BCUT2D eigenvalue weighted by atomic mass is 9.81. The molecule has 0 radical (unpaired) electrons. The number of piperidine rings is 1. The van der Waals surface area contributed by atoms with E-state index >= 15 is 0 Å². The van der Waals surface area contributed by atoms with E-state index in [0.717, 1.165) is 42.2 Å². The van der Waals surface area contributed by atoms with Crippen molar-refractivity contribution in [2.24, 2.45) is 12.5 Å². The van der Waals surface area contributed by atoms with Crippen LogP contribution in [0, 0.1) is 12.3 Å². The molecular formula is C16H23N5OS. The number of thiazole rings is 1. The fourth-order valence-corrected chi connectivity index (χ4v) is 3.80. The predicted octanol–water partition coefficient (Wildman–Crippen LogP) is 1.97. The zero-order valence-electron chi connectivity index (χ0n) is 13.8. The molecule has 0 atom stereocenters. The molecule has 6 nitrogen and oxygen atoms in total. The Morgan fingerprint density at radius 3 is 2.87 bits per heavy atom. The van der Waals surface area contributed by atoms with Crippen molar-refractivity contribution in [3.8, 4) is 10.6 Å². The maximum atomic E-state index is 12.5. The quantitative estimate of drug-likeness (QED) is 0.897. The summed E-state index contributed by atoms with van der Waals surface area (Å²) in [5.41, 5.74) is 1.91. The van der Waals surface area contributed by atoms with Crippen molar-refractivity contribution in [1.29, 1.82) is 0 Å². The van der Waals surface area contributed by atoms with Crippen molar-refractivity contribution in [3.63, 3.8) is 0 Å². The summed E-state index contributed by atoms with van der Waals surface area (Å²) in [6, 6.07) is 0. The SMILES string of the molecule is Cc1nc(-c2cnn(C)c2)sc1C(=O)NCC1(C)CCNCC1. The van der Waals surface area contributed by atoms with Crippen LogP contribution in [0.1, 0.15) is 35.1 Å². The molecule has 23 heavy (non-hydrogen) atoms. The van der Waals surface area contributed by atoms with Crippen molar-refractivity contribution < 1.29 is 4.79 Å². The summed E-state index contributed by atoms with van der Waals surface area (Å²) < 4.78 is 1.74. The van der Waals surface area contributed by atoms with Crippen LogP contribution in [0.5, 0.6) is 0 Å². The van der Waals surface area contributed by atoms with E-state index in [1.165, 1.54) is 11.3 Å². The van der Waals surface area contributed by atoms with Gasteiger partial charge >= 0.3 is 0 Å². The average molecular weight is 333 g/mol. The third kappa shape index (κ3) is 3.61. The zero-order chi connectivity index (χ0) is 16.4. The second kappa shape index (κ2) is 6.41. The molecule has 0 spiro atoms. The Bertz CT molecular complexity index is 699. The summed E-state index contributed by atoms with van der Waals surface area (Å²) in [7, 11) is 1.87. The Kier molecular flexibility index (Phi) is 4.50. The minimum atomic E-state index is -0.0186. The number of hydrogen-bond acceptors (Lipinski definition) is 5. The second-order valence-corrected chi connectivity index (χ2v) is 7.58. The Morgan fingerprint density at radius 2 is 2.22 bits per heavy atom. The third-order valence-electron chi connectivity index (χ3n) is 4.44. The molecule has 124 valence electrons. The molecule has 7 heteroatoms. The van der Waals surface area contributed by atoms with E-state index in [9.17, 15) is 4.79 Å². The Balaban J connectivity index is 1.69. The van der Waals surface area contributed by atoms with Crippen LogP contribution in [-0.2, 0) is 7.05 Å². The minimum Gasteiger partial charge on any atom is -0.351 e. The van der Waals surface area contributed by atoms with Gasteiger partial charge in [-0.3, -0.25) is 9.48 Å². The van der Waals surface area contributed by atoms with E-state index < -0.39 is 0 Å². The molecular weight excluding hydrogens is 310 g/mol. The van der Waals surface area contributed by atoms with Crippen LogP contribution in [0.4, 0.5) is 0 Å². The molecule has 3 heterocycles. The molecule has 2 aromatic heterocycles. The first-order chi connectivity index (χ1) is 11.0. The standard InChI is InChI=1S/C16H23N5OS/c1-11-13(23-15(20-11)12-8-19-21(3)9-12)14(22)18-10-16(2)4-6-17-7-5-16/h8-9,17H,4-7,10H2,1-3H3,(H,18,22). The van der Waals surface area contributed by atoms with E-state index in [2.05, 4.69) is 27.6 Å². The van der Waals surface area contributed by atoms with Crippen LogP contribution in [0.2, 0.25) is 0 Å². The lowest BCUT2D eigenvalue weighted by molar-refractivity contribution is 0.0925. The number of carbonyl (C=O) groups excluding carboxylic acids is 1. The normalized spacial score (nSPS) is 17.2. The van der Waals surface area contributed by atoms with Crippen LogP contribution >= 0.6 is 11.3 Å². The summed E-state index contributed by atoms with van der Waals surface area (Å²) in [6.45, 7) is 6.90. The van der Waals surface area contributed by atoms with Gasteiger partial charge in [0.25, 0.3) is 5.91 Å². The number of nitrogens with one attached hydrogen (secondary N) is 2. The zero-order valence-corrected chi connectivity index (χ0v) is 14.7. The number of rotatable bonds is 4. The second-order valence-electron chi connectivity index (χ2n) is 6.58. The Hall–Kier alpha value is -1.73. The molecule has 3 rings (SSSR count). The number of hydrogen-bond donors (Lipinski definition) is 2. The highest BCUT2D eigenvalue weighted by molar-refractivity contribution is 7.17. The summed E-state index contributed by atoms with van der Waals surface area (Å²) in [5.74, 6) is -0.0186. The van der Waals surface area contributed by atoms with Gasteiger partial charge in [-0.2, -0.15) is 5.10 Å². The monoisotopic (exact) mass is 333 g/mol. The van der Waals surface area contributed by atoms with Crippen molar-refractivity contribution in [1.82, 2.24) is 25.4 Å². The number of nitrogens with zero attached hydrogens (tertiary/aromatic N) is 3. The maximum absolute atomic E-state index is 12.5. The van der Waals surface area contributed by atoms with Crippen LogP contribution in [0.15, 0.2) is 12.4 Å². The van der Waals surface area contributed by atoms with Gasteiger partial charge in [-0.15, -0.1) is 11.3 Å². The van der Waals surface area contributed by atoms with E-state index in [1.807, 2.05) is 20.2 Å². The van der Waals surface area contributed by atoms with Crippen LogP contribution in [0.3, 0.4) is 0 Å². The van der Waals surface area contributed by atoms with Gasteiger partial charge < -0.3 is 10.6 Å². The Labute approximate surface area is 140 Å². The van der Waals surface area contributed by atoms with Gasteiger partial charge in [-0.05, 0) is 38.3 Å². The minimum absolute atomic E-state index is 0.0186. The molecule has 1 amide bonds. The summed E-state index contributed by atoms with van der Waals surface area (Å²) in [5, 5.41) is 11.5. The van der Waals surface area contributed by atoms with E-state index in [4.69, 9.17) is 0 Å². The van der Waals surface area contributed by atoms with E-state index in [0.29, 0.717) is 11.4 Å². The molecule has 0 saturated carbocycles. The van der Waals surface area contributed by atoms with Crippen LogP contribution < -0.4 is 10.6 Å². The molecule has 2 aromatic rings. The van der Waals surface area contributed by atoms with Gasteiger partial charge in [0, 0.05) is 25.4 Å². The largest absolute Gasteiger partial charge is 0.351 e. The highest BCUT2D eigenvalue weighted by Crippen LogP contribution is 2.29. The highest BCUT2D eigenvalue weighted by atomic mass is 32.1. The third-order valence-corrected chi connectivity index (χ3v) is 5.65. The number of carbonyl (C=O) groups is 1. The van der Waals surface area contributed by atoms with Crippen molar-refractivity contribution in [3.05, 3.63) is 23.0 Å². The fraction of sp³-hybridized carbons (Fsp3) is 0.562. The highest BCUT2D eigenvalue weighted by Gasteiger charge is 2.28. The van der Waals surface area contributed by atoms with Crippen molar-refractivity contribution in [2.45, 2.75) is 26.7 Å². The van der Waals surface area contributed by atoms with Gasteiger partial charge in [-0.1, -0.05) is 6.92 Å². The lowest BCUT2D eigenvalue weighted by Gasteiger charge is -2.34. The van der Waals surface area contributed by atoms with Gasteiger partial charge in [-0.25, -0.2) is 4.98 Å². The Morgan fingerprint density at radius 1 is 1.48 bits per heavy atom. The molecule has 1 saturated heterocycles. The first-order valence-electron chi connectivity index (χ1n) is 7.92. The number of amides is 1. The van der Waals surface area contributed by atoms with Crippen molar-refractivity contribution >= 4 is 17.2 Å². The first-order valence-corrected chi connectivity index (χ1v) is 8.74. The molecule has 1 aliphatic rings. The number of aromatic nitrogens is 3. The van der Waals surface area contributed by atoms with Gasteiger partial charge in [0.05, 0.1) is 11.9 Å². The molecule has 1 aliphatic heterocycles. The van der Waals surface area contributed by atoms with E-state index in [-0.39, 0.29) is 11.3 Å². The van der Waals surface area contributed by atoms with Crippen molar-refractivity contribution in [2.75, 3.05) is 19.6 Å². The number of aryl methyl sites for hydroxylation is 2. The van der Waals surface area contributed by atoms with Gasteiger partial charge in [0.2, 0.25) is 0 Å². The summed E-state index contributed by atoms with van der Waals surface area (Å²) in [4.78, 5) is 17.7. The fourth-order valence-electron chi connectivity index (χ4n) is 2.84. The maximum Gasteiger partial charge on any atom is 0.263 e. The lowest BCUT2D eigenvalue weighted by Crippen LogP contribution is -2.42. The first kappa shape index (κ1) is 16.1. The molecule has 0 aromatic carbocycles. The molecule has 0 bridgehead atoms.